The summed E-state index contributed by atoms with van der Waals surface area (Å²) in [5.41, 5.74) is 4.89. The fraction of sp³-hybridized carbons (Fsp3) is 0.133. The molecule has 2 nitrogen and oxygen atoms in total. The van der Waals surface area contributed by atoms with Gasteiger partial charge in [0.1, 0.15) is 0 Å². The number of thiocarbonyl (C=S) groups is 2. The smallest absolute Gasteiger partial charge is 0.411 e. The van der Waals surface area contributed by atoms with Crippen molar-refractivity contribution in [1.82, 2.24) is 9.80 Å². The molecule has 0 amide bonds. The minimum atomic E-state index is 0. The Morgan fingerprint density at radius 2 is 0.632 bits per heavy atom. The molecule has 0 bridgehead atoms. The zero-order valence-corrected chi connectivity index (χ0v) is 28.3. The molecule has 0 N–H and O–H groups in total. The van der Waals surface area contributed by atoms with Gasteiger partial charge in [0, 0.05) is 26.2 Å². The number of nitrogens with zero attached hydrogens (tertiary/aromatic N) is 2. The summed E-state index contributed by atoms with van der Waals surface area (Å²) in [7, 11) is 0. The number of hydrogen-bond acceptors (Lipinski definition) is 4. The molecule has 0 radical (unpaired) electrons. The predicted octanol–water partition coefficient (Wildman–Crippen LogP) is 7.15. The Hall–Kier alpha value is -1.93. The SMILES string of the molecule is S.S=C([S-])N(Cc1ccccc1)Cc1ccccc1.S=C([S-])N(Cc1ccccc1)Cc1ccccc1.[Zn+2]. The molecule has 0 aliphatic heterocycles. The van der Waals surface area contributed by atoms with E-state index in [-0.39, 0.29) is 33.0 Å². The van der Waals surface area contributed by atoms with Crippen LogP contribution < -0.4 is 0 Å². The van der Waals surface area contributed by atoms with Gasteiger partial charge in [-0.15, -0.1) is 0 Å². The molecule has 192 valence electrons. The van der Waals surface area contributed by atoms with Crippen LogP contribution in [0, 0.1) is 0 Å². The first kappa shape index (κ1) is 34.1. The van der Waals surface area contributed by atoms with Gasteiger partial charge in [-0.1, -0.05) is 130 Å². The zero-order chi connectivity index (χ0) is 25.6. The summed E-state index contributed by atoms with van der Waals surface area (Å²) < 4.78 is 1.03. The average molecular weight is 644 g/mol. The minimum Gasteiger partial charge on any atom is -0.411 e. The maximum absolute atomic E-state index is 5.16. The largest absolute Gasteiger partial charge is 2.00 e. The molecule has 4 aromatic carbocycles. The van der Waals surface area contributed by atoms with Crippen molar-refractivity contribution in [3.8, 4) is 0 Å². The summed E-state index contributed by atoms with van der Waals surface area (Å²) >= 11 is 20.6. The maximum Gasteiger partial charge on any atom is 2.00 e. The Kier molecular flexibility index (Phi) is 17.2. The quantitative estimate of drug-likeness (QED) is 0.113. The third-order valence-electron chi connectivity index (χ3n) is 5.38. The molecule has 0 aromatic heterocycles. The summed E-state index contributed by atoms with van der Waals surface area (Å²) in [6.07, 6.45) is 0. The molecule has 0 unspecified atom stereocenters. The number of benzene rings is 4. The van der Waals surface area contributed by atoms with E-state index in [0.717, 1.165) is 26.2 Å². The van der Waals surface area contributed by atoms with E-state index in [0.29, 0.717) is 8.64 Å². The van der Waals surface area contributed by atoms with Crippen LogP contribution in [0.3, 0.4) is 0 Å². The van der Waals surface area contributed by atoms with Crippen molar-refractivity contribution in [2.24, 2.45) is 0 Å². The molecule has 0 heterocycles. The Morgan fingerprint density at radius 1 is 0.447 bits per heavy atom. The Morgan fingerprint density at radius 3 is 0.789 bits per heavy atom. The maximum atomic E-state index is 5.16. The standard InChI is InChI=1S/2C15H15NS2.H2S.Zn/c2*17-15(18)16(11-13-7-3-1-4-8-13)12-14-9-5-2-6-10-14;;/h2*1-10H,11-12H2,(H,17,18);1H2;/q;;;+2/p-2. The van der Waals surface area contributed by atoms with Crippen LogP contribution in [-0.2, 0) is 70.9 Å². The molecule has 0 aliphatic carbocycles. The summed E-state index contributed by atoms with van der Waals surface area (Å²) in [5.74, 6) is 0. The Bertz CT molecular complexity index is 1020. The van der Waals surface area contributed by atoms with E-state index in [1.54, 1.807) is 0 Å². The predicted molar refractivity (Wildman–Crippen MR) is 175 cm³/mol. The minimum absolute atomic E-state index is 0. The summed E-state index contributed by atoms with van der Waals surface area (Å²) in [6, 6.07) is 41.0. The molecule has 8 heteroatoms. The van der Waals surface area contributed by atoms with Gasteiger partial charge in [0.15, 0.2) is 0 Å². The molecule has 0 saturated heterocycles. The Labute approximate surface area is 268 Å². The van der Waals surface area contributed by atoms with E-state index in [1.807, 2.05) is 82.6 Å². The Balaban J connectivity index is 0.000000361. The van der Waals surface area contributed by atoms with Crippen molar-refractivity contribution >= 4 is 71.8 Å². The zero-order valence-electron chi connectivity index (χ0n) is 21.1. The van der Waals surface area contributed by atoms with Gasteiger partial charge in [-0.25, -0.2) is 0 Å². The number of hydrogen-bond donors (Lipinski definition) is 0. The molecule has 0 atom stereocenters. The van der Waals surface area contributed by atoms with Crippen LogP contribution in [0.2, 0.25) is 0 Å². The average Bonchev–Trinajstić information content (AvgIpc) is 2.91. The molecule has 0 spiro atoms. The van der Waals surface area contributed by atoms with Crippen LogP contribution in [0.15, 0.2) is 121 Å². The van der Waals surface area contributed by atoms with Gasteiger partial charge in [0.05, 0.1) is 0 Å². The van der Waals surface area contributed by atoms with E-state index >= 15 is 0 Å². The second kappa shape index (κ2) is 19.2. The summed E-state index contributed by atoms with van der Waals surface area (Å²) in [5, 5.41) is 0. The fourth-order valence-electron chi connectivity index (χ4n) is 3.59. The van der Waals surface area contributed by atoms with Crippen molar-refractivity contribution < 1.29 is 19.5 Å². The van der Waals surface area contributed by atoms with Gasteiger partial charge in [0.2, 0.25) is 0 Å². The molecule has 38 heavy (non-hydrogen) atoms. The third-order valence-corrected chi connectivity index (χ3v) is 6.41. The van der Waals surface area contributed by atoms with Crippen LogP contribution in [0.1, 0.15) is 22.3 Å². The van der Waals surface area contributed by atoms with Gasteiger partial charge in [-0.3, -0.25) is 0 Å². The third kappa shape index (κ3) is 12.7. The first-order valence-electron chi connectivity index (χ1n) is 11.6. The van der Waals surface area contributed by atoms with E-state index in [1.165, 1.54) is 22.3 Å². The van der Waals surface area contributed by atoms with Gasteiger partial charge in [0.25, 0.3) is 0 Å². The van der Waals surface area contributed by atoms with Crippen molar-refractivity contribution in [3.63, 3.8) is 0 Å². The van der Waals surface area contributed by atoms with Crippen molar-refractivity contribution in [2.75, 3.05) is 0 Å². The second-order valence-corrected chi connectivity index (χ2v) is 10.2. The van der Waals surface area contributed by atoms with Gasteiger partial charge in [-0.05, 0) is 22.3 Å². The van der Waals surface area contributed by atoms with Crippen LogP contribution in [-0.4, -0.2) is 18.4 Å². The molecule has 4 aromatic rings. The number of rotatable bonds is 8. The summed E-state index contributed by atoms with van der Waals surface area (Å²) in [6.45, 7) is 3.05. The molecule has 0 fully saturated rings. The second-order valence-electron chi connectivity index (χ2n) is 8.19. The fourth-order valence-corrected chi connectivity index (χ4v) is 4.10. The van der Waals surface area contributed by atoms with Gasteiger partial charge >= 0.3 is 19.5 Å². The molecule has 4 rings (SSSR count). The molecule has 0 saturated carbocycles. The van der Waals surface area contributed by atoms with Crippen LogP contribution in [0.5, 0.6) is 0 Å². The topological polar surface area (TPSA) is 6.48 Å². The van der Waals surface area contributed by atoms with E-state index in [9.17, 15) is 0 Å². The van der Waals surface area contributed by atoms with Crippen molar-refractivity contribution in [1.29, 1.82) is 0 Å². The molecular weight excluding hydrogens is 614 g/mol. The van der Waals surface area contributed by atoms with Crippen LogP contribution in [0.25, 0.3) is 0 Å². The first-order chi connectivity index (χ1) is 17.5. The van der Waals surface area contributed by atoms with E-state index in [2.05, 4.69) is 48.5 Å². The van der Waals surface area contributed by atoms with Gasteiger partial charge in [-0.2, -0.15) is 13.5 Å². The summed E-state index contributed by atoms with van der Waals surface area (Å²) in [4.78, 5) is 4.07. The van der Waals surface area contributed by atoms with Crippen molar-refractivity contribution in [2.45, 2.75) is 26.2 Å². The van der Waals surface area contributed by atoms with Crippen molar-refractivity contribution in [3.05, 3.63) is 144 Å². The molecule has 0 aliphatic rings. The van der Waals surface area contributed by atoms with Crippen LogP contribution in [0.4, 0.5) is 0 Å². The van der Waals surface area contributed by atoms with E-state index < -0.39 is 0 Å². The van der Waals surface area contributed by atoms with Crippen LogP contribution >= 0.6 is 37.9 Å². The monoisotopic (exact) mass is 642 g/mol. The van der Waals surface area contributed by atoms with Gasteiger partial charge < -0.3 is 59.5 Å². The normalized spacial score (nSPS) is 9.47. The first-order valence-corrected chi connectivity index (χ1v) is 13.2. The van der Waals surface area contributed by atoms with E-state index in [4.69, 9.17) is 49.7 Å². The molecular formula is C30H30N2S5Zn.